The molecule has 4 nitrogen and oxygen atoms in total. The highest BCUT2D eigenvalue weighted by Crippen LogP contribution is 2.30. The minimum atomic E-state index is 0.632. The molecule has 1 fully saturated rings. The second kappa shape index (κ2) is 6.00. The van der Waals surface area contributed by atoms with Crippen molar-refractivity contribution in [2.45, 2.75) is 51.7 Å². The van der Waals surface area contributed by atoms with Crippen molar-refractivity contribution in [2.24, 2.45) is 5.84 Å². The molecule has 1 aliphatic rings. The number of para-hydroxylation sites is 1. The van der Waals surface area contributed by atoms with E-state index in [9.17, 15) is 0 Å². The third-order valence-electron chi connectivity index (χ3n) is 4.72. The highest BCUT2D eigenvalue weighted by Gasteiger charge is 2.29. The molecule has 112 valence electrons. The van der Waals surface area contributed by atoms with Crippen LogP contribution in [-0.2, 0) is 6.54 Å². The summed E-state index contributed by atoms with van der Waals surface area (Å²) in [6.07, 6.45) is 3.78. The lowest BCUT2D eigenvalue weighted by Crippen LogP contribution is -2.34. The molecule has 0 saturated carbocycles. The summed E-state index contributed by atoms with van der Waals surface area (Å²) in [4.78, 5) is 7.24. The molecule has 21 heavy (non-hydrogen) atoms. The summed E-state index contributed by atoms with van der Waals surface area (Å²) in [5.41, 5.74) is 4.94. The highest BCUT2D eigenvalue weighted by atomic mass is 15.3. The molecule has 2 atom stereocenters. The van der Waals surface area contributed by atoms with E-state index in [1.807, 2.05) is 12.1 Å². The summed E-state index contributed by atoms with van der Waals surface area (Å²) in [6, 6.07) is 11.7. The van der Waals surface area contributed by atoms with Crippen molar-refractivity contribution in [3.8, 4) is 0 Å². The van der Waals surface area contributed by atoms with Crippen LogP contribution in [0.1, 0.15) is 38.7 Å². The quantitative estimate of drug-likeness (QED) is 0.668. The Bertz CT molecular complexity index is 625. The number of likely N-dealkylation sites (tertiary alicyclic amines) is 1. The minimum Gasteiger partial charge on any atom is -0.308 e. The molecular weight excluding hydrogens is 260 g/mol. The summed E-state index contributed by atoms with van der Waals surface area (Å²) < 4.78 is 0. The van der Waals surface area contributed by atoms with Crippen LogP contribution in [0.5, 0.6) is 0 Å². The molecule has 0 bridgehead atoms. The molecule has 0 aliphatic carbocycles. The highest BCUT2D eigenvalue weighted by molar-refractivity contribution is 5.81. The van der Waals surface area contributed by atoms with Gasteiger partial charge in [-0.1, -0.05) is 25.1 Å². The summed E-state index contributed by atoms with van der Waals surface area (Å²) in [5.74, 6) is 6.48. The maximum Gasteiger partial charge on any atom is 0.145 e. The molecule has 0 spiro atoms. The fourth-order valence-corrected chi connectivity index (χ4v) is 3.45. The van der Waals surface area contributed by atoms with Crippen molar-refractivity contribution in [3.05, 3.63) is 35.9 Å². The lowest BCUT2D eigenvalue weighted by atomic mass is 10.1. The number of anilines is 1. The van der Waals surface area contributed by atoms with Crippen LogP contribution in [0.3, 0.4) is 0 Å². The molecule has 1 aliphatic heterocycles. The number of fused-ring (bicyclic) bond motifs is 1. The van der Waals surface area contributed by atoms with E-state index in [0.29, 0.717) is 12.1 Å². The van der Waals surface area contributed by atoms with Gasteiger partial charge in [-0.2, -0.15) is 0 Å². The van der Waals surface area contributed by atoms with Crippen LogP contribution in [0.2, 0.25) is 0 Å². The van der Waals surface area contributed by atoms with Gasteiger partial charge in [-0.25, -0.2) is 10.8 Å². The third-order valence-corrected chi connectivity index (χ3v) is 4.72. The number of nitrogen functional groups attached to an aromatic ring is 1. The van der Waals surface area contributed by atoms with Gasteiger partial charge in [0.1, 0.15) is 5.82 Å². The first-order valence-corrected chi connectivity index (χ1v) is 7.84. The Hall–Kier alpha value is -1.65. The number of hydrogen-bond donors (Lipinski definition) is 2. The van der Waals surface area contributed by atoms with Crippen LogP contribution in [-0.4, -0.2) is 22.0 Å². The lowest BCUT2D eigenvalue weighted by molar-refractivity contribution is 0.190. The number of rotatable bonds is 4. The first-order chi connectivity index (χ1) is 10.2. The predicted molar refractivity (Wildman–Crippen MR) is 87.9 cm³/mol. The van der Waals surface area contributed by atoms with E-state index in [-0.39, 0.29) is 0 Å². The number of benzene rings is 1. The fraction of sp³-hybridized carbons (Fsp3) is 0.471. The van der Waals surface area contributed by atoms with Crippen molar-refractivity contribution in [2.75, 3.05) is 5.43 Å². The first kappa shape index (κ1) is 14.3. The SMILES string of the molecule is CCC1CCC(C)N1Cc1cc2ccccc2nc1NN. The lowest BCUT2D eigenvalue weighted by Gasteiger charge is -2.28. The van der Waals surface area contributed by atoms with Crippen molar-refractivity contribution >= 4 is 16.7 Å². The van der Waals surface area contributed by atoms with Crippen molar-refractivity contribution < 1.29 is 0 Å². The topological polar surface area (TPSA) is 54.2 Å². The van der Waals surface area contributed by atoms with Crippen LogP contribution in [0.25, 0.3) is 10.9 Å². The van der Waals surface area contributed by atoms with Gasteiger partial charge in [0, 0.05) is 29.6 Å². The number of hydrazine groups is 1. The van der Waals surface area contributed by atoms with E-state index in [4.69, 9.17) is 5.84 Å². The van der Waals surface area contributed by atoms with Crippen molar-refractivity contribution in [1.82, 2.24) is 9.88 Å². The number of hydrogen-bond acceptors (Lipinski definition) is 4. The Labute approximate surface area is 126 Å². The van der Waals surface area contributed by atoms with Crippen LogP contribution in [0.15, 0.2) is 30.3 Å². The Balaban J connectivity index is 1.95. The molecule has 0 amide bonds. The second-order valence-corrected chi connectivity index (χ2v) is 5.99. The van der Waals surface area contributed by atoms with Gasteiger partial charge in [-0.15, -0.1) is 0 Å². The van der Waals surface area contributed by atoms with Gasteiger partial charge in [0.15, 0.2) is 0 Å². The molecular formula is C17H24N4. The molecule has 4 heteroatoms. The van der Waals surface area contributed by atoms with E-state index >= 15 is 0 Å². The fourth-order valence-electron chi connectivity index (χ4n) is 3.45. The molecule has 2 unspecified atom stereocenters. The van der Waals surface area contributed by atoms with E-state index in [2.05, 4.69) is 47.4 Å². The smallest absolute Gasteiger partial charge is 0.145 e. The average Bonchev–Trinajstić information content (AvgIpc) is 2.87. The van der Waals surface area contributed by atoms with E-state index in [1.54, 1.807) is 0 Å². The molecule has 0 radical (unpaired) electrons. The Morgan fingerprint density at radius 1 is 1.33 bits per heavy atom. The zero-order chi connectivity index (χ0) is 14.8. The van der Waals surface area contributed by atoms with E-state index in [0.717, 1.165) is 17.9 Å². The number of nitrogens with two attached hydrogens (primary N) is 1. The van der Waals surface area contributed by atoms with Gasteiger partial charge in [0.2, 0.25) is 0 Å². The number of pyridine rings is 1. The molecule has 2 heterocycles. The van der Waals surface area contributed by atoms with Gasteiger partial charge in [0.25, 0.3) is 0 Å². The van der Waals surface area contributed by atoms with Crippen LogP contribution >= 0.6 is 0 Å². The Kier molecular flexibility index (Phi) is 4.08. The van der Waals surface area contributed by atoms with Gasteiger partial charge < -0.3 is 5.43 Å². The summed E-state index contributed by atoms with van der Waals surface area (Å²) in [5, 5.41) is 1.17. The predicted octanol–water partition coefficient (Wildman–Crippen LogP) is 3.28. The number of nitrogens with zero attached hydrogens (tertiary/aromatic N) is 2. The van der Waals surface area contributed by atoms with E-state index < -0.39 is 0 Å². The molecule has 3 N–H and O–H groups in total. The minimum absolute atomic E-state index is 0.632. The van der Waals surface area contributed by atoms with Crippen molar-refractivity contribution in [1.29, 1.82) is 0 Å². The first-order valence-electron chi connectivity index (χ1n) is 7.84. The molecule has 1 saturated heterocycles. The van der Waals surface area contributed by atoms with Gasteiger partial charge in [-0.05, 0) is 38.3 Å². The van der Waals surface area contributed by atoms with Gasteiger partial charge in [0.05, 0.1) is 5.52 Å². The maximum atomic E-state index is 5.69. The monoisotopic (exact) mass is 284 g/mol. The normalized spacial score (nSPS) is 22.8. The van der Waals surface area contributed by atoms with Crippen molar-refractivity contribution in [3.63, 3.8) is 0 Å². The van der Waals surface area contributed by atoms with Gasteiger partial charge >= 0.3 is 0 Å². The summed E-state index contributed by atoms with van der Waals surface area (Å²) >= 11 is 0. The second-order valence-electron chi connectivity index (χ2n) is 5.99. The molecule has 1 aromatic heterocycles. The van der Waals surface area contributed by atoms with Crippen LogP contribution in [0.4, 0.5) is 5.82 Å². The molecule has 1 aromatic carbocycles. The Morgan fingerprint density at radius 3 is 2.90 bits per heavy atom. The average molecular weight is 284 g/mol. The van der Waals surface area contributed by atoms with Gasteiger partial charge in [-0.3, -0.25) is 4.90 Å². The standard InChI is InChI=1S/C17H24N4/c1-3-15-9-8-12(2)21(15)11-14-10-13-6-4-5-7-16(13)19-17(14)20-18/h4-7,10,12,15H,3,8-9,11,18H2,1-2H3,(H,19,20). The molecule has 2 aromatic rings. The maximum absolute atomic E-state index is 5.69. The van der Waals surface area contributed by atoms with Crippen LogP contribution < -0.4 is 11.3 Å². The third kappa shape index (κ3) is 2.74. The zero-order valence-corrected chi connectivity index (χ0v) is 12.8. The largest absolute Gasteiger partial charge is 0.308 e. The number of nitrogens with one attached hydrogen (secondary N) is 1. The molecule has 3 rings (SSSR count). The number of aromatic nitrogens is 1. The Morgan fingerprint density at radius 2 is 2.14 bits per heavy atom. The summed E-state index contributed by atoms with van der Waals surface area (Å²) in [7, 11) is 0. The zero-order valence-electron chi connectivity index (χ0n) is 12.8. The van der Waals surface area contributed by atoms with E-state index in [1.165, 1.54) is 30.2 Å². The van der Waals surface area contributed by atoms with Crippen LogP contribution in [0, 0.1) is 0 Å². The summed E-state index contributed by atoms with van der Waals surface area (Å²) in [6.45, 7) is 5.51.